The molecule has 3 rings (SSSR count). The van der Waals surface area contributed by atoms with Gasteiger partial charge in [0.1, 0.15) is 6.33 Å². The molecule has 138 valence electrons. The van der Waals surface area contributed by atoms with Crippen molar-refractivity contribution >= 4 is 5.91 Å². The molecule has 1 amide bonds. The Kier molecular flexibility index (Phi) is 5.21. The van der Waals surface area contributed by atoms with Crippen LogP contribution in [0.2, 0.25) is 0 Å². The van der Waals surface area contributed by atoms with Crippen LogP contribution >= 0.6 is 0 Å². The van der Waals surface area contributed by atoms with E-state index in [9.17, 15) is 4.79 Å². The Morgan fingerprint density at radius 3 is 2.07 bits per heavy atom. The van der Waals surface area contributed by atoms with E-state index in [1.54, 1.807) is 51.8 Å². The molecule has 0 bridgehead atoms. The Bertz CT molecular complexity index is 946. The number of hydrogen-bond acceptors (Lipinski definition) is 6. The van der Waals surface area contributed by atoms with Gasteiger partial charge in [0.25, 0.3) is 0 Å². The summed E-state index contributed by atoms with van der Waals surface area (Å²) in [5, 5.41) is 0. The minimum absolute atomic E-state index is 0.435. The van der Waals surface area contributed by atoms with Crippen LogP contribution in [0, 0.1) is 0 Å². The largest absolute Gasteiger partial charge is 0.493 e. The molecule has 0 fully saturated rings. The molecule has 2 aromatic carbocycles. The van der Waals surface area contributed by atoms with Crippen LogP contribution in [-0.2, 0) is 0 Å². The number of methoxy groups -OCH3 is 3. The third-order valence-electron chi connectivity index (χ3n) is 4.13. The van der Waals surface area contributed by atoms with Crippen LogP contribution in [-0.4, -0.2) is 37.2 Å². The van der Waals surface area contributed by atoms with Gasteiger partial charge in [0.05, 0.1) is 27.0 Å². The number of hydrogen-bond donors (Lipinski definition) is 1. The van der Waals surface area contributed by atoms with E-state index in [4.69, 9.17) is 19.9 Å². The first-order chi connectivity index (χ1) is 13.1. The second-order valence-corrected chi connectivity index (χ2v) is 5.64. The molecule has 0 atom stereocenters. The molecule has 0 aliphatic rings. The highest BCUT2D eigenvalue weighted by Gasteiger charge is 2.17. The molecule has 0 spiro atoms. The van der Waals surface area contributed by atoms with Crippen molar-refractivity contribution in [2.75, 3.05) is 21.3 Å². The van der Waals surface area contributed by atoms with Gasteiger partial charge in [-0.3, -0.25) is 4.79 Å². The summed E-state index contributed by atoms with van der Waals surface area (Å²) < 4.78 is 16.2. The Hall–Kier alpha value is -3.61. The molecule has 0 aliphatic heterocycles. The van der Waals surface area contributed by atoms with Crippen LogP contribution in [0.1, 0.15) is 10.4 Å². The average Bonchev–Trinajstić information content (AvgIpc) is 2.72. The van der Waals surface area contributed by atoms with E-state index in [2.05, 4.69) is 9.97 Å². The van der Waals surface area contributed by atoms with E-state index in [-0.39, 0.29) is 0 Å². The lowest BCUT2D eigenvalue weighted by Crippen LogP contribution is -2.10. The molecule has 0 radical (unpaired) electrons. The molecule has 0 saturated heterocycles. The Balaban J connectivity index is 2.15. The number of primary amides is 1. The Labute approximate surface area is 156 Å². The third-order valence-corrected chi connectivity index (χ3v) is 4.13. The summed E-state index contributed by atoms with van der Waals surface area (Å²) in [6, 6.07) is 10.6. The molecule has 7 heteroatoms. The van der Waals surface area contributed by atoms with E-state index < -0.39 is 5.91 Å². The first-order valence-electron chi connectivity index (χ1n) is 8.09. The van der Waals surface area contributed by atoms with Gasteiger partial charge in [-0.2, -0.15) is 0 Å². The molecule has 1 heterocycles. The van der Waals surface area contributed by atoms with Gasteiger partial charge in [0, 0.05) is 22.9 Å². The number of benzene rings is 2. The van der Waals surface area contributed by atoms with Crippen molar-refractivity contribution in [2.24, 2.45) is 5.73 Å². The number of carbonyl (C=O) groups excluding carboxylic acids is 1. The minimum atomic E-state index is -0.476. The fourth-order valence-electron chi connectivity index (χ4n) is 2.80. The first kappa shape index (κ1) is 18.2. The normalized spacial score (nSPS) is 10.3. The van der Waals surface area contributed by atoms with Gasteiger partial charge >= 0.3 is 0 Å². The van der Waals surface area contributed by atoms with Gasteiger partial charge in [0.15, 0.2) is 11.5 Å². The summed E-state index contributed by atoms with van der Waals surface area (Å²) in [5.41, 5.74) is 8.86. The van der Waals surface area contributed by atoms with Crippen molar-refractivity contribution in [2.45, 2.75) is 0 Å². The van der Waals surface area contributed by atoms with Crippen molar-refractivity contribution in [3.8, 4) is 39.6 Å². The summed E-state index contributed by atoms with van der Waals surface area (Å²) >= 11 is 0. The van der Waals surface area contributed by atoms with Crippen molar-refractivity contribution in [1.82, 2.24) is 9.97 Å². The number of carbonyl (C=O) groups is 1. The minimum Gasteiger partial charge on any atom is -0.493 e. The topological polar surface area (TPSA) is 96.6 Å². The summed E-state index contributed by atoms with van der Waals surface area (Å²) in [6.07, 6.45) is 3.19. The van der Waals surface area contributed by atoms with Crippen LogP contribution in [0.5, 0.6) is 17.2 Å². The second-order valence-electron chi connectivity index (χ2n) is 5.64. The molecule has 0 unspecified atom stereocenters. The lowest BCUT2D eigenvalue weighted by molar-refractivity contribution is 0.100. The first-order valence-corrected chi connectivity index (χ1v) is 8.09. The number of aromatic nitrogens is 2. The van der Waals surface area contributed by atoms with Crippen LogP contribution in [0.3, 0.4) is 0 Å². The van der Waals surface area contributed by atoms with Gasteiger partial charge in [-0.25, -0.2) is 9.97 Å². The smallest absolute Gasteiger partial charge is 0.248 e. The monoisotopic (exact) mass is 365 g/mol. The highest BCUT2D eigenvalue weighted by molar-refractivity contribution is 5.93. The van der Waals surface area contributed by atoms with E-state index >= 15 is 0 Å². The Morgan fingerprint density at radius 1 is 0.926 bits per heavy atom. The molecule has 27 heavy (non-hydrogen) atoms. The average molecular weight is 365 g/mol. The maximum Gasteiger partial charge on any atom is 0.248 e. The van der Waals surface area contributed by atoms with E-state index in [1.807, 2.05) is 12.1 Å². The molecule has 1 aromatic heterocycles. The summed E-state index contributed by atoms with van der Waals surface area (Å²) in [6.45, 7) is 0. The quantitative estimate of drug-likeness (QED) is 0.721. The number of nitrogens with zero attached hydrogens (tertiary/aromatic N) is 2. The fraction of sp³-hybridized carbons (Fsp3) is 0.150. The zero-order chi connectivity index (χ0) is 19.4. The standard InChI is InChI=1S/C20H19N3O4/c1-25-16-8-14(9-17(26-2)19(16)27-3)18-15(10-22-11-23-18)12-4-6-13(7-5-12)20(21)24/h4-11H,1-3H3,(H2,21,24). The second kappa shape index (κ2) is 7.74. The molecule has 0 aliphatic carbocycles. The maximum atomic E-state index is 11.3. The fourth-order valence-corrected chi connectivity index (χ4v) is 2.80. The Morgan fingerprint density at radius 2 is 1.56 bits per heavy atom. The highest BCUT2D eigenvalue weighted by Crippen LogP contribution is 2.42. The van der Waals surface area contributed by atoms with Crippen LogP contribution in [0.15, 0.2) is 48.9 Å². The van der Waals surface area contributed by atoms with E-state index in [0.717, 1.165) is 16.7 Å². The van der Waals surface area contributed by atoms with Crippen molar-refractivity contribution in [3.05, 3.63) is 54.5 Å². The zero-order valence-corrected chi connectivity index (χ0v) is 15.2. The SMILES string of the molecule is COc1cc(-c2ncncc2-c2ccc(C(N)=O)cc2)cc(OC)c1OC. The van der Waals surface area contributed by atoms with Gasteiger partial charge in [-0.05, 0) is 29.8 Å². The lowest BCUT2D eigenvalue weighted by Gasteiger charge is -2.15. The number of rotatable bonds is 6. The summed E-state index contributed by atoms with van der Waals surface area (Å²) in [5.74, 6) is 1.09. The van der Waals surface area contributed by atoms with Crippen LogP contribution in [0.25, 0.3) is 22.4 Å². The van der Waals surface area contributed by atoms with Crippen LogP contribution in [0.4, 0.5) is 0 Å². The molecular formula is C20H19N3O4. The van der Waals surface area contributed by atoms with Gasteiger partial charge < -0.3 is 19.9 Å². The molecular weight excluding hydrogens is 346 g/mol. The molecule has 3 aromatic rings. The number of nitrogens with two attached hydrogens (primary N) is 1. The zero-order valence-electron chi connectivity index (χ0n) is 15.2. The predicted octanol–water partition coefficient (Wildman–Crippen LogP) is 2.94. The predicted molar refractivity (Wildman–Crippen MR) is 101 cm³/mol. The van der Waals surface area contributed by atoms with Crippen LogP contribution < -0.4 is 19.9 Å². The van der Waals surface area contributed by atoms with Gasteiger partial charge in [0.2, 0.25) is 11.7 Å². The molecule has 2 N–H and O–H groups in total. The number of amides is 1. The maximum absolute atomic E-state index is 11.3. The van der Waals surface area contributed by atoms with Crippen molar-refractivity contribution in [3.63, 3.8) is 0 Å². The van der Waals surface area contributed by atoms with Gasteiger partial charge in [-0.15, -0.1) is 0 Å². The highest BCUT2D eigenvalue weighted by atomic mass is 16.5. The van der Waals surface area contributed by atoms with E-state index in [1.165, 1.54) is 6.33 Å². The van der Waals surface area contributed by atoms with Crippen molar-refractivity contribution < 1.29 is 19.0 Å². The van der Waals surface area contributed by atoms with E-state index in [0.29, 0.717) is 28.5 Å². The summed E-state index contributed by atoms with van der Waals surface area (Å²) in [4.78, 5) is 19.9. The number of ether oxygens (including phenoxy) is 3. The lowest BCUT2D eigenvalue weighted by atomic mass is 9.99. The van der Waals surface area contributed by atoms with Crippen molar-refractivity contribution in [1.29, 1.82) is 0 Å². The molecule has 7 nitrogen and oxygen atoms in total. The van der Waals surface area contributed by atoms with Gasteiger partial charge in [-0.1, -0.05) is 12.1 Å². The molecule has 0 saturated carbocycles. The third kappa shape index (κ3) is 3.52. The summed E-state index contributed by atoms with van der Waals surface area (Å²) in [7, 11) is 4.67.